The molecule has 5 heteroatoms. The van der Waals surface area contributed by atoms with E-state index in [2.05, 4.69) is 16.0 Å². The molecule has 1 aromatic heterocycles. The maximum Gasteiger partial charge on any atom is 0.225 e. The standard InChI is InChI=1S/C20H29N3O2/c24-7-6-23(19-21-5-4-17(22-19)14-2-1-3-14)18-15-8-13-9-16(18)12-20(25,10-13)11-15/h4-5,13-16,18,24-25H,1-3,6-12H2/t13?,15?,16?,18-,20+. The third kappa shape index (κ3) is 2.67. The summed E-state index contributed by atoms with van der Waals surface area (Å²) < 4.78 is 0. The Bertz CT molecular complexity index is 632. The van der Waals surface area contributed by atoms with Gasteiger partial charge >= 0.3 is 0 Å². The zero-order valence-electron chi connectivity index (χ0n) is 14.8. The highest BCUT2D eigenvalue weighted by molar-refractivity contribution is 5.35. The van der Waals surface area contributed by atoms with E-state index in [9.17, 15) is 10.2 Å². The van der Waals surface area contributed by atoms with Gasteiger partial charge in [0.05, 0.1) is 12.2 Å². The fourth-order valence-electron chi connectivity index (χ4n) is 6.39. The van der Waals surface area contributed by atoms with Gasteiger partial charge in [-0.05, 0) is 68.8 Å². The smallest absolute Gasteiger partial charge is 0.225 e. The van der Waals surface area contributed by atoms with E-state index in [1.165, 1.54) is 37.8 Å². The minimum absolute atomic E-state index is 0.126. The number of nitrogens with zero attached hydrogens (tertiary/aromatic N) is 3. The topological polar surface area (TPSA) is 69.5 Å². The molecule has 1 aromatic rings. The van der Waals surface area contributed by atoms with Crippen LogP contribution in [-0.2, 0) is 0 Å². The number of aromatic nitrogens is 2. The molecule has 5 aliphatic rings. The zero-order valence-corrected chi connectivity index (χ0v) is 14.8. The normalized spacial score (nSPS) is 39.4. The lowest BCUT2D eigenvalue weighted by molar-refractivity contribution is -0.134. The molecule has 2 unspecified atom stereocenters. The van der Waals surface area contributed by atoms with Crippen molar-refractivity contribution in [2.24, 2.45) is 17.8 Å². The van der Waals surface area contributed by atoms with Crippen LogP contribution in [0.15, 0.2) is 12.3 Å². The van der Waals surface area contributed by atoms with E-state index in [0.29, 0.717) is 36.3 Å². The fraction of sp³-hybridized carbons (Fsp3) is 0.800. The van der Waals surface area contributed by atoms with E-state index in [4.69, 9.17) is 4.98 Å². The van der Waals surface area contributed by atoms with Gasteiger partial charge in [0.1, 0.15) is 0 Å². The number of rotatable bonds is 5. The van der Waals surface area contributed by atoms with Crippen LogP contribution in [-0.4, -0.2) is 45.0 Å². The van der Waals surface area contributed by atoms with Crippen LogP contribution in [0.4, 0.5) is 5.95 Å². The summed E-state index contributed by atoms with van der Waals surface area (Å²) >= 11 is 0. The van der Waals surface area contributed by atoms with Crippen molar-refractivity contribution >= 4 is 5.95 Å². The summed E-state index contributed by atoms with van der Waals surface area (Å²) in [5.41, 5.74) is 0.744. The van der Waals surface area contributed by atoms with Crippen LogP contribution in [0, 0.1) is 17.8 Å². The molecule has 5 aliphatic carbocycles. The largest absolute Gasteiger partial charge is 0.395 e. The molecule has 0 spiro atoms. The lowest BCUT2D eigenvalue weighted by Crippen LogP contribution is -2.62. The van der Waals surface area contributed by atoms with Gasteiger partial charge in [-0.3, -0.25) is 0 Å². The molecule has 5 saturated carbocycles. The highest BCUT2D eigenvalue weighted by Crippen LogP contribution is 2.57. The Labute approximate surface area is 149 Å². The third-order valence-corrected chi connectivity index (χ3v) is 7.34. The SMILES string of the molecule is OCCN(c1nccc(C2CCC2)n1)[C@H]1C2CC3CC1C[C@@](O)(C3)C2. The second kappa shape index (κ2) is 5.92. The number of hydrogen-bond acceptors (Lipinski definition) is 5. The number of aliphatic hydroxyl groups excluding tert-OH is 1. The van der Waals surface area contributed by atoms with Crippen molar-refractivity contribution in [2.75, 3.05) is 18.1 Å². The number of anilines is 1. The summed E-state index contributed by atoms with van der Waals surface area (Å²) in [6.45, 7) is 0.718. The summed E-state index contributed by atoms with van der Waals surface area (Å²) in [6, 6.07) is 2.44. The van der Waals surface area contributed by atoms with E-state index in [1.54, 1.807) is 0 Å². The summed E-state index contributed by atoms with van der Waals surface area (Å²) in [5, 5.41) is 20.6. The quantitative estimate of drug-likeness (QED) is 0.859. The maximum absolute atomic E-state index is 10.9. The molecule has 5 fully saturated rings. The van der Waals surface area contributed by atoms with Crippen LogP contribution in [0.3, 0.4) is 0 Å². The Balaban J connectivity index is 1.45. The van der Waals surface area contributed by atoms with Gasteiger partial charge in [0.15, 0.2) is 0 Å². The lowest BCUT2D eigenvalue weighted by atomic mass is 9.52. The van der Waals surface area contributed by atoms with Crippen molar-refractivity contribution in [1.82, 2.24) is 9.97 Å². The van der Waals surface area contributed by atoms with Gasteiger partial charge in [0.2, 0.25) is 5.95 Å². The first kappa shape index (κ1) is 16.0. The summed E-state index contributed by atoms with van der Waals surface area (Å²) in [4.78, 5) is 11.8. The molecule has 25 heavy (non-hydrogen) atoms. The van der Waals surface area contributed by atoms with Crippen LogP contribution in [0.2, 0.25) is 0 Å². The first-order chi connectivity index (χ1) is 12.1. The predicted octanol–water partition coefficient (Wildman–Crippen LogP) is 2.48. The van der Waals surface area contributed by atoms with E-state index in [-0.39, 0.29) is 6.61 Å². The molecule has 4 bridgehead atoms. The van der Waals surface area contributed by atoms with Crippen LogP contribution >= 0.6 is 0 Å². The molecular weight excluding hydrogens is 314 g/mol. The van der Waals surface area contributed by atoms with Crippen LogP contribution in [0.5, 0.6) is 0 Å². The van der Waals surface area contributed by atoms with E-state index < -0.39 is 5.60 Å². The van der Waals surface area contributed by atoms with Crippen molar-refractivity contribution in [1.29, 1.82) is 0 Å². The molecule has 5 nitrogen and oxygen atoms in total. The first-order valence-corrected chi connectivity index (χ1v) is 10.1. The van der Waals surface area contributed by atoms with Gasteiger partial charge in [0.25, 0.3) is 0 Å². The van der Waals surface area contributed by atoms with Crippen molar-refractivity contribution in [2.45, 2.75) is 68.9 Å². The molecule has 0 aliphatic heterocycles. The molecule has 0 radical (unpaired) electrons. The molecule has 2 atom stereocenters. The Morgan fingerprint density at radius 3 is 2.52 bits per heavy atom. The Kier molecular flexibility index (Phi) is 3.79. The lowest BCUT2D eigenvalue weighted by Gasteiger charge is -2.60. The number of aliphatic hydroxyl groups is 2. The van der Waals surface area contributed by atoms with E-state index in [1.807, 2.05) is 6.20 Å². The van der Waals surface area contributed by atoms with E-state index in [0.717, 1.165) is 25.2 Å². The van der Waals surface area contributed by atoms with Gasteiger partial charge in [-0.15, -0.1) is 0 Å². The number of hydrogen-bond donors (Lipinski definition) is 2. The third-order valence-electron chi connectivity index (χ3n) is 7.34. The van der Waals surface area contributed by atoms with Crippen molar-refractivity contribution in [3.05, 3.63) is 18.0 Å². The monoisotopic (exact) mass is 343 g/mol. The summed E-state index contributed by atoms with van der Waals surface area (Å²) in [5.74, 6) is 3.11. The molecule has 0 saturated heterocycles. The molecule has 6 rings (SSSR count). The van der Waals surface area contributed by atoms with Gasteiger partial charge in [0, 0.05) is 30.4 Å². The summed E-state index contributed by atoms with van der Waals surface area (Å²) in [6.07, 6.45) is 10.9. The molecule has 0 amide bonds. The molecule has 136 valence electrons. The van der Waals surface area contributed by atoms with Crippen LogP contribution in [0.1, 0.15) is 63.0 Å². The van der Waals surface area contributed by atoms with Gasteiger partial charge in [-0.2, -0.15) is 0 Å². The second-order valence-electron chi connectivity index (χ2n) is 9.01. The Hall–Kier alpha value is -1.20. The van der Waals surface area contributed by atoms with E-state index >= 15 is 0 Å². The first-order valence-electron chi connectivity index (χ1n) is 10.1. The second-order valence-corrected chi connectivity index (χ2v) is 9.01. The molecule has 0 aromatic carbocycles. The molecule has 2 N–H and O–H groups in total. The Morgan fingerprint density at radius 1 is 1.16 bits per heavy atom. The summed E-state index contributed by atoms with van der Waals surface area (Å²) in [7, 11) is 0. The predicted molar refractivity (Wildman–Crippen MR) is 95.3 cm³/mol. The van der Waals surface area contributed by atoms with Crippen molar-refractivity contribution in [3.8, 4) is 0 Å². The molecular formula is C20H29N3O2. The Morgan fingerprint density at radius 2 is 1.92 bits per heavy atom. The highest BCUT2D eigenvalue weighted by atomic mass is 16.3. The van der Waals surface area contributed by atoms with Crippen molar-refractivity contribution < 1.29 is 10.2 Å². The fourth-order valence-corrected chi connectivity index (χ4v) is 6.39. The minimum atomic E-state index is -0.424. The minimum Gasteiger partial charge on any atom is -0.395 e. The average Bonchev–Trinajstić information content (AvgIpc) is 2.50. The zero-order chi connectivity index (χ0) is 17.0. The van der Waals surface area contributed by atoms with Gasteiger partial charge in [-0.25, -0.2) is 9.97 Å². The van der Waals surface area contributed by atoms with Crippen LogP contribution in [0.25, 0.3) is 0 Å². The van der Waals surface area contributed by atoms with Gasteiger partial charge < -0.3 is 15.1 Å². The maximum atomic E-state index is 10.9. The highest BCUT2D eigenvalue weighted by Gasteiger charge is 2.56. The van der Waals surface area contributed by atoms with Crippen LogP contribution < -0.4 is 4.90 Å². The van der Waals surface area contributed by atoms with Crippen molar-refractivity contribution in [3.63, 3.8) is 0 Å². The average molecular weight is 343 g/mol. The molecule has 1 heterocycles. The van der Waals surface area contributed by atoms with Gasteiger partial charge in [-0.1, -0.05) is 6.42 Å².